The second kappa shape index (κ2) is 5.49. The minimum atomic E-state index is -4.69. The van der Waals surface area contributed by atoms with Crippen LogP contribution in [0.2, 0.25) is 0 Å². The van der Waals surface area contributed by atoms with E-state index < -0.39 is 17.7 Å². The molecule has 3 rings (SSSR count). The largest absolute Gasteiger partial charge is 0.435 e. The molecule has 0 saturated carbocycles. The minimum Gasteiger partial charge on any atom is -0.294 e. The third-order valence-electron chi connectivity index (χ3n) is 3.66. The number of rotatable bonds is 1. The lowest BCUT2D eigenvalue weighted by Crippen LogP contribution is -2.16. The minimum absolute atomic E-state index is 0.0961. The van der Waals surface area contributed by atoms with Gasteiger partial charge in [-0.25, -0.2) is 4.68 Å². The van der Waals surface area contributed by atoms with E-state index in [-0.39, 0.29) is 17.7 Å². The summed E-state index contributed by atoms with van der Waals surface area (Å²) in [5, 5.41) is 12.6. The number of aromatic nitrogens is 2. The molecule has 4 nitrogen and oxygen atoms in total. The Morgan fingerprint density at radius 2 is 2.04 bits per heavy atom. The monoisotopic (exact) mass is 383 g/mol. The highest BCUT2D eigenvalue weighted by Gasteiger charge is 2.42. The zero-order chi connectivity index (χ0) is 16.8. The van der Waals surface area contributed by atoms with E-state index in [0.29, 0.717) is 28.6 Å². The van der Waals surface area contributed by atoms with Crippen molar-refractivity contribution in [2.75, 3.05) is 0 Å². The molecule has 23 heavy (non-hydrogen) atoms. The first-order chi connectivity index (χ1) is 10.8. The van der Waals surface area contributed by atoms with Crippen LogP contribution in [0.1, 0.15) is 40.2 Å². The third-order valence-corrected chi connectivity index (χ3v) is 4.32. The third kappa shape index (κ3) is 2.65. The normalized spacial score (nSPS) is 14.5. The topological polar surface area (TPSA) is 58.7 Å². The molecule has 0 saturated heterocycles. The maximum atomic E-state index is 13.2. The van der Waals surface area contributed by atoms with Crippen LogP contribution in [-0.2, 0) is 12.6 Å². The Kier molecular flexibility index (Phi) is 3.76. The van der Waals surface area contributed by atoms with Gasteiger partial charge in [0.2, 0.25) is 0 Å². The highest BCUT2D eigenvalue weighted by molar-refractivity contribution is 9.10. The van der Waals surface area contributed by atoms with Gasteiger partial charge in [-0.15, -0.1) is 0 Å². The van der Waals surface area contributed by atoms with Crippen molar-refractivity contribution in [2.45, 2.75) is 25.4 Å². The summed E-state index contributed by atoms with van der Waals surface area (Å²) >= 11 is 3.21. The van der Waals surface area contributed by atoms with Gasteiger partial charge in [0.05, 0.1) is 22.5 Å². The number of nitriles is 1. The molecule has 0 amide bonds. The van der Waals surface area contributed by atoms with E-state index >= 15 is 0 Å². The fraction of sp³-hybridized carbons (Fsp3) is 0.267. The number of alkyl halides is 3. The fourth-order valence-electron chi connectivity index (χ4n) is 2.66. The number of Topliss-reactive ketones (excluding diaryl/α,β-unsaturated/α-hetero) is 1. The fourth-order valence-corrected chi connectivity index (χ4v) is 3.11. The molecule has 1 heterocycles. The summed E-state index contributed by atoms with van der Waals surface area (Å²) in [7, 11) is 0. The second-order valence-electron chi connectivity index (χ2n) is 5.13. The van der Waals surface area contributed by atoms with Crippen molar-refractivity contribution in [3.63, 3.8) is 0 Å². The van der Waals surface area contributed by atoms with Gasteiger partial charge in [-0.3, -0.25) is 4.79 Å². The molecule has 1 aromatic carbocycles. The SMILES string of the molecule is N#Cc1ccc(-n2nc(C(F)(F)F)c3c2CCCC3=O)cc1Br. The summed E-state index contributed by atoms with van der Waals surface area (Å²) in [6.07, 6.45) is -3.75. The first kappa shape index (κ1) is 15.7. The predicted molar refractivity (Wildman–Crippen MR) is 78.2 cm³/mol. The Morgan fingerprint density at radius 1 is 1.30 bits per heavy atom. The van der Waals surface area contributed by atoms with E-state index in [9.17, 15) is 18.0 Å². The highest BCUT2D eigenvalue weighted by Crippen LogP contribution is 2.37. The molecule has 0 bridgehead atoms. The number of carbonyl (C=O) groups excluding carboxylic acids is 1. The molecular weight excluding hydrogens is 375 g/mol. The molecule has 1 aliphatic carbocycles. The van der Waals surface area contributed by atoms with Gasteiger partial charge in [-0.1, -0.05) is 0 Å². The number of ketones is 1. The van der Waals surface area contributed by atoms with Crippen LogP contribution in [0.3, 0.4) is 0 Å². The second-order valence-corrected chi connectivity index (χ2v) is 5.99. The molecule has 118 valence electrons. The van der Waals surface area contributed by atoms with Crippen LogP contribution >= 0.6 is 15.9 Å². The van der Waals surface area contributed by atoms with Gasteiger partial charge in [-0.2, -0.15) is 23.5 Å². The van der Waals surface area contributed by atoms with Crippen LogP contribution < -0.4 is 0 Å². The van der Waals surface area contributed by atoms with E-state index in [1.807, 2.05) is 6.07 Å². The summed E-state index contributed by atoms with van der Waals surface area (Å²) in [5.41, 5.74) is -0.466. The van der Waals surface area contributed by atoms with Gasteiger partial charge in [0.25, 0.3) is 0 Å². The van der Waals surface area contributed by atoms with Crippen molar-refractivity contribution in [3.05, 3.63) is 45.2 Å². The molecule has 8 heteroatoms. The summed E-state index contributed by atoms with van der Waals surface area (Å²) < 4.78 is 41.2. The molecule has 2 aromatic rings. The van der Waals surface area contributed by atoms with Crippen LogP contribution in [0.4, 0.5) is 13.2 Å². The molecule has 0 aliphatic heterocycles. The van der Waals surface area contributed by atoms with Gasteiger partial charge < -0.3 is 0 Å². The number of carbonyl (C=O) groups is 1. The van der Waals surface area contributed by atoms with E-state index in [1.165, 1.54) is 18.2 Å². The number of halogens is 4. The molecule has 0 N–H and O–H groups in total. The van der Waals surface area contributed by atoms with Crippen molar-refractivity contribution in [2.24, 2.45) is 0 Å². The Hall–Kier alpha value is -2.14. The first-order valence-corrected chi connectivity index (χ1v) is 7.54. The Labute approximate surface area is 137 Å². The zero-order valence-corrected chi connectivity index (χ0v) is 13.2. The molecule has 0 atom stereocenters. The number of nitrogens with zero attached hydrogens (tertiary/aromatic N) is 3. The standard InChI is InChI=1S/C15H9BrF3N3O/c16-10-6-9(5-4-8(10)7-20)22-11-2-1-3-12(23)13(11)14(21-22)15(17,18)19/h4-6H,1-3H2. The summed E-state index contributed by atoms with van der Waals surface area (Å²) in [4.78, 5) is 12.0. The predicted octanol–water partition coefficient (Wildman–Crippen LogP) is 4.04. The van der Waals surface area contributed by atoms with Crippen LogP contribution in [0.25, 0.3) is 5.69 Å². The van der Waals surface area contributed by atoms with Crippen LogP contribution in [0, 0.1) is 11.3 Å². The van der Waals surface area contributed by atoms with Gasteiger partial charge in [0.1, 0.15) is 6.07 Å². The van der Waals surface area contributed by atoms with Crippen molar-refractivity contribution in [3.8, 4) is 11.8 Å². The number of benzene rings is 1. The van der Waals surface area contributed by atoms with E-state index in [2.05, 4.69) is 21.0 Å². The van der Waals surface area contributed by atoms with E-state index in [4.69, 9.17) is 5.26 Å². The molecule has 1 aromatic heterocycles. The molecule has 0 fully saturated rings. The summed E-state index contributed by atoms with van der Waals surface area (Å²) in [6.45, 7) is 0. The van der Waals surface area contributed by atoms with Gasteiger partial charge in [0, 0.05) is 10.9 Å². The lowest BCUT2D eigenvalue weighted by atomic mass is 9.94. The maximum Gasteiger partial charge on any atom is 0.435 e. The Bertz CT molecular complexity index is 849. The number of fused-ring (bicyclic) bond motifs is 1. The van der Waals surface area contributed by atoms with Crippen LogP contribution in [0.5, 0.6) is 0 Å². The van der Waals surface area contributed by atoms with Gasteiger partial charge >= 0.3 is 6.18 Å². The molecule has 0 spiro atoms. The maximum absolute atomic E-state index is 13.2. The zero-order valence-electron chi connectivity index (χ0n) is 11.6. The number of hydrogen-bond donors (Lipinski definition) is 0. The Balaban J connectivity index is 2.23. The molecule has 0 radical (unpaired) electrons. The summed E-state index contributed by atoms with van der Waals surface area (Å²) in [6, 6.07) is 6.48. The van der Waals surface area contributed by atoms with E-state index in [1.54, 1.807) is 0 Å². The van der Waals surface area contributed by atoms with Crippen molar-refractivity contribution >= 4 is 21.7 Å². The number of hydrogen-bond acceptors (Lipinski definition) is 3. The van der Waals surface area contributed by atoms with Crippen molar-refractivity contribution in [1.29, 1.82) is 5.26 Å². The van der Waals surface area contributed by atoms with Crippen molar-refractivity contribution in [1.82, 2.24) is 9.78 Å². The highest BCUT2D eigenvalue weighted by atomic mass is 79.9. The summed E-state index contributed by atoms with van der Waals surface area (Å²) in [5.74, 6) is -0.530. The average Bonchev–Trinajstić information content (AvgIpc) is 2.88. The molecule has 1 aliphatic rings. The molecule has 0 unspecified atom stereocenters. The molecular formula is C15H9BrF3N3O. The van der Waals surface area contributed by atoms with Gasteiger partial charge in [-0.05, 0) is 47.0 Å². The quantitative estimate of drug-likeness (QED) is 0.746. The van der Waals surface area contributed by atoms with Gasteiger partial charge in [0.15, 0.2) is 11.5 Å². The average molecular weight is 384 g/mol. The van der Waals surface area contributed by atoms with Crippen LogP contribution in [-0.4, -0.2) is 15.6 Å². The van der Waals surface area contributed by atoms with Crippen LogP contribution in [0.15, 0.2) is 22.7 Å². The van der Waals surface area contributed by atoms with Crippen molar-refractivity contribution < 1.29 is 18.0 Å². The first-order valence-electron chi connectivity index (χ1n) is 6.75. The Morgan fingerprint density at radius 3 is 2.65 bits per heavy atom. The lowest BCUT2D eigenvalue weighted by Gasteiger charge is -2.14. The smallest absolute Gasteiger partial charge is 0.294 e. The van der Waals surface area contributed by atoms with E-state index in [0.717, 1.165) is 4.68 Å². The lowest BCUT2D eigenvalue weighted by molar-refractivity contribution is -0.141.